The summed E-state index contributed by atoms with van der Waals surface area (Å²) in [6.07, 6.45) is -3.20. The van der Waals surface area contributed by atoms with E-state index in [0.717, 1.165) is 26.2 Å². The molecule has 0 radical (unpaired) electrons. The van der Waals surface area contributed by atoms with E-state index in [4.69, 9.17) is 9.15 Å². The normalized spacial score (nSPS) is 16.6. The van der Waals surface area contributed by atoms with E-state index >= 15 is 0 Å². The van der Waals surface area contributed by atoms with Crippen LogP contribution in [0.25, 0.3) is 0 Å². The minimum atomic E-state index is -4.75. The zero-order valence-electron chi connectivity index (χ0n) is 14.1. The highest BCUT2D eigenvalue weighted by Gasteiger charge is 2.33. The van der Waals surface area contributed by atoms with E-state index in [2.05, 4.69) is 15.0 Å². The Morgan fingerprint density at radius 1 is 1.19 bits per heavy atom. The van der Waals surface area contributed by atoms with Gasteiger partial charge in [-0.25, -0.2) is 0 Å². The van der Waals surface area contributed by atoms with E-state index in [9.17, 15) is 13.2 Å². The molecular formula is C17H20ClF3N2O3. The third kappa shape index (κ3) is 4.84. The van der Waals surface area contributed by atoms with Crippen molar-refractivity contribution >= 4 is 12.4 Å². The molecule has 2 heterocycles. The molecule has 1 aliphatic rings. The molecular weight excluding hydrogens is 373 g/mol. The summed E-state index contributed by atoms with van der Waals surface area (Å²) in [5, 5.41) is 3.26. The lowest BCUT2D eigenvalue weighted by atomic mass is 10.00. The number of hydrogen-bond acceptors (Lipinski definition) is 5. The highest BCUT2D eigenvalue weighted by Crippen LogP contribution is 2.38. The Labute approximate surface area is 155 Å². The zero-order chi connectivity index (χ0) is 17.9. The van der Waals surface area contributed by atoms with E-state index in [1.165, 1.54) is 25.3 Å². The Morgan fingerprint density at radius 3 is 2.50 bits per heavy atom. The van der Waals surface area contributed by atoms with Gasteiger partial charge in [0.2, 0.25) is 0 Å². The first-order valence-electron chi connectivity index (χ1n) is 7.90. The summed E-state index contributed by atoms with van der Waals surface area (Å²) in [4.78, 5) is 2.14. The monoisotopic (exact) mass is 392 g/mol. The van der Waals surface area contributed by atoms with Crippen molar-refractivity contribution in [3.05, 3.63) is 47.9 Å². The number of alkyl halides is 3. The molecule has 1 aliphatic heterocycles. The van der Waals surface area contributed by atoms with Gasteiger partial charge in [0, 0.05) is 31.7 Å². The summed E-state index contributed by atoms with van der Waals surface area (Å²) < 4.78 is 52.8. The predicted octanol–water partition coefficient (Wildman–Crippen LogP) is 3.60. The average Bonchev–Trinajstić information content (AvgIpc) is 3.09. The van der Waals surface area contributed by atoms with Crippen LogP contribution in [0.4, 0.5) is 13.2 Å². The number of ether oxygens (including phenoxy) is 2. The second-order valence-corrected chi connectivity index (χ2v) is 5.66. The van der Waals surface area contributed by atoms with Crippen LogP contribution in [0.15, 0.2) is 41.0 Å². The Morgan fingerprint density at radius 2 is 1.92 bits per heavy atom. The molecule has 144 valence electrons. The van der Waals surface area contributed by atoms with Crippen LogP contribution in [0.5, 0.6) is 11.5 Å². The predicted molar refractivity (Wildman–Crippen MR) is 91.9 cm³/mol. The topological polar surface area (TPSA) is 46.9 Å². The maximum Gasteiger partial charge on any atom is 0.573 e. The summed E-state index contributed by atoms with van der Waals surface area (Å²) in [6.45, 7) is 3.05. The summed E-state index contributed by atoms with van der Waals surface area (Å²) in [7, 11) is 1.49. The van der Waals surface area contributed by atoms with E-state index in [-0.39, 0.29) is 24.2 Å². The zero-order valence-corrected chi connectivity index (χ0v) is 14.9. The molecule has 1 atom stereocenters. The second-order valence-electron chi connectivity index (χ2n) is 5.66. The molecule has 1 N–H and O–H groups in total. The molecule has 1 saturated heterocycles. The number of nitrogens with zero attached hydrogens (tertiary/aromatic N) is 1. The number of benzene rings is 1. The number of piperazine rings is 1. The highest BCUT2D eigenvalue weighted by molar-refractivity contribution is 5.85. The van der Waals surface area contributed by atoms with E-state index < -0.39 is 6.36 Å². The lowest BCUT2D eigenvalue weighted by Gasteiger charge is -2.34. The van der Waals surface area contributed by atoms with Crippen molar-refractivity contribution in [1.82, 2.24) is 10.2 Å². The Balaban J connectivity index is 0.00000243. The molecule has 26 heavy (non-hydrogen) atoms. The van der Waals surface area contributed by atoms with Crippen molar-refractivity contribution in [2.75, 3.05) is 33.3 Å². The van der Waals surface area contributed by atoms with E-state index in [0.29, 0.717) is 17.1 Å². The largest absolute Gasteiger partial charge is 0.573 e. The maximum absolute atomic E-state index is 12.6. The molecule has 1 fully saturated rings. The van der Waals surface area contributed by atoms with E-state index in [1.807, 2.05) is 6.07 Å². The van der Waals surface area contributed by atoms with Gasteiger partial charge in [0.05, 0.1) is 19.4 Å². The van der Waals surface area contributed by atoms with Crippen molar-refractivity contribution in [2.45, 2.75) is 12.4 Å². The third-order valence-electron chi connectivity index (χ3n) is 4.06. The molecule has 2 aromatic rings. The van der Waals surface area contributed by atoms with Gasteiger partial charge < -0.3 is 19.2 Å². The fraction of sp³-hybridized carbons (Fsp3) is 0.412. The minimum absolute atomic E-state index is 0. The summed E-state index contributed by atoms with van der Waals surface area (Å²) >= 11 is 0. The lowest BCUT2D eigenvalue weighted by molar-refractivity contribution is -0.274. The number of methoxy groups -OCH3 is 1. The summed E-state index contributed by atoms with van der Waals surface area (Å²) in [5.74, 6) is 0.841. The molecule has 1 aromatic carbocycles. The van der Waals surface area contributed by atoms with Crippen molar-refractivity contribution < 1.29 is 27.1 Å². The van der Waals surface area contributed by atoms with Gasteiger partial charge in [-0.05, 0) is 30.3 Å². The fourth-order valence-corrected chi connectivity index (χ4v) is 3.04. The van der Waals surface area contributed by atoms with Crippen molar-refractivity contribution in [3.8, 4) is 11.5 Å². The van der Waals surface area contributed by atoms with Crippen molar-refractivity contribution in [3.63, 3.8) is 0 Å². The van der Waals surface area contributed by atoms with Crippen LogP contribution in [0.2, 0.25) is 0 Å². The highest BCUT2D eigenvalue weighted by atomic mass is 35.5. The van der Waals surface area contributed by atoms with Crippen molar-refractivity contribution in [2.24, 2.45) is 0 Å². The van der Waals surface area contributed by atoms with Crippen LogP contribution >= 0.6 is 12.4 Å². The van der Waals surface area contributed by atoms with Gasteiger partial charge in [0.1, 0.15) is 17.3 Å². The first-order chi connectivity index (χ1) is 12.0. The number of nitrogens with one attached hydrogen (secondary N) is 1. The Kier molecular flexibility index (Phi) is 6.80. The standard InChI is InChI=1S/C17H19F3N2O3.ClH/c1-23-14-5-4-12(25-17(18,19)20)11-13(14)16(15-3-2-10-24-15)22-8-6-21-7-9-22;/h2-5,10-11,16,21H,6-9H2,1H3;1H/t16-;/m1./s1. The Hall–Kier alpha value is -1.90. The fourth-order valence-electron chi connectivity index (χ4n) is 3.04. The van der Waals surface area contributed by atoms with Crippen LogP contribution in [0, 0.1) is 0 Å². The smallest absolute Gasteiger partial charge is 0.496 e. The van der Waals surface area contributed by atoms with Crippen LogP contribution in [-0.4, -0.2) is 44.6 Å². The summed E-state index contributed by atoms with van der Waals surface area (Å²) in [6, 6.07) is 7.29. The van der Waals surface area contributed by atoms with Gasteiger partial charge in [-0.15, -0.1) is 25.6 Å². The maximum atomic E-state index is 12.6. The van der Waals surface area contributed by atoms with Crippen LogP contribution in [-0.2, 0) is 0 Å². The second kappa shape index (κ2) is 8.66. The molecule has 0 bridgehead atoms. The van der Waals surface area contributed by atoms with Crippen LogP contribution in [0.1, 0.15) is 17.4 Å². The van der Waals surface area contributed by atoms with Gasteiger partial charge in [0.25, 0.3) is 0 Å². The van der Waals surface area contributed by atoms with Crippen molar-refractivity contribution in [1.29, 1.82) is 0 Å². The van der Waals surface area contributed by atoms with Gasteiger partial charge in [0.15, 0.2) is 0 Å². The number of furan rings is 1. The quantitative estimate of drug-likeness (QED) is 0.842. The van der Waals surface area contributed by atoms with Gasteiger partial charge >= 0.3 is 6.36 Å². The lowest BCUT2D eigenvalue weighted by Crippen LogP contribution is -2.45. The van der Waals surface area contributed by atoms with Crippen LogP contribution < -0.4 is 14.8 Å². The molecule has 5 nitrogen and oxygen atoms in total. The molecule has 1 aromatic heterocycles. The van der Waals surface area contributed by atoms with Gasteiger partial charge in [-0.3, -0.25) is 4.90 Å². The molecule has 0 aliphatic carbocycles. The molecule has 0 saturated carbocycles. The van der Waals surface area contributed by atoms with Gasteiger partial charge in [-0.1, -0.05) is 0 Å². The average molecular weight is 393 g/mol. The molecule has 0 unspecified atom stereocenters. The van der Waals surface area contributed by atoms with Gasteiger partial charge in [-0.2, -0.15) is 0 Å². The minimum Gasteiger partial charge on any atom is -0.496 e. The van der Waals surface area contributed by atoms with Crippen LogP contribution in [0.3, 0.4) is 0 Å². The third-order valence-corrected chi connectivity index (χ3v) is 4.06. The molecule has 0 amide bonds. The first kappa shape index (κ1) is 20.4. The molecule has 0 spiro atoms. The molecule has 3 rings (SSSR count). The summed E-state index contributed by atoms with van der Waals surface area (Å²) in [5.41, 5.74) is 0.570. The number of halogens is 4. The first-order valence-corrected chi connectivity index (χ1v) is 7.90. The number of hydrogen-bond donors (Lipinski definition) is 1. The Bertz CT molecular complexity index is 689. The van der Waals surface area contributed by atoms with E-state index in [1.54, 1.807) is 12.3 Å². The number of rotatable bonds is 5. The SMILES string of the molecule is COc1ccc(OC(F)(F)F)cc1[C@H](c1ccco1)N1CCNCC1.Cl. The molecule has 9 heteroatoms.